The first-order chi connectivity index (χ1) is 10.0. The Morgan fingerprint density at radius 2 is 1.68 bits per heavy atom. The number of hydrogen-bond donors (Lipinski definition) is 2. The van der Waals surface area contributed by atoms with Crippen LogP contribution < -0.4 is 10.6 Å². The number of phosphoric ester groups is 1. The van der Waals surface area contributed by atoms with E-state index in [0.717, 1.165) is 13.8 Å². The van der Waals surface area contributed by atoms with Crippen molar-refractivity contribution in [3.63, 3.8) is 0 Å². The van der Waals surface area contributed by atoms with Crippen LogP contribution in [-0.4, -0.2) is 55.0 Å². The van der Waals surface area contributed by atoms with E-state index in [9.17, 15) is 23.8 Å². The molecule has 0 rings (SSSR count). The van der Waals surface area contributed by atoms with E-state index < -0.39 is 57.7 Å². The normalized spacial score (nSPS) is 16.2. The third-order valence-electron chi connectivity index (χ3n) is 1.95. The number of phosphoric acid groups is 1. The molecule has 3 atom stereocenters. The quantitative estimate of drug-likeness (QED) is 0.345. The third kappa shape index (κ3) is 10.2. The van der Waals surface area contributed by atoms with Crippen LogP contribution in [0.2, 0.25) is 0 Å². The molecule has 22 heavy (non-hydrogen) atoms. The Labute approximate surface area is 125 Å². The summed E-state index contributed by atoms with van der Waals surface area (Å²) in [6.45, 7) is 0.276. The summed E-state index contributed by atoms with van der Waals surface area (Å²) in [5.74, 6) is -2.85. The van der Waals surface area contributed by atoms with Gasteiger partial charge in [-0.2, -0.15) is 0 Å². The van der Waals surface area contributed by atoms with Crippen molar-refractivity contribution in [2.45, 2.75) is 26.0 Å². The summed E-state index contributed by atoms with van der Waals surface area (Å²) in [6.07, 6.45) is -1.17. The molecule has 0 aromatic carbocycles. The summed E-state index contributed by atoms with van der Waals surface area (Å²) in [5, 5.41) is 8.47. The Balaban J connectivity index is 4.41. The van der Waals surface area contributed by atoms with Crippen molar-refractivity contribution >= 4 is 25.7 Å². The van der Waals surface area contributed by atoms with E-state index >= 15 is 0 Å². The van der Waals surface area contributed by atoms with Crippen LogP contribution in [-0.2, 0) is 37.5 Å². The number of esters is 2. The summed E-state index contributed by atoms with van der Waals surface area (Å²) >= 11 is 0. The van der Waals surface area contributed by atoms with E-state index in [4.69, 9.17) is 10.8 Å². The molecule has 0 aliphatic heterocycles. The summed E-state index contributed by atoms with van der Waals surface area (Å²) in [4.78, 5) is 43.3. The van der Waals surface area contributed by atoms with Crippen LogP contribution in [0.15, 0.2) is 0 Å². The summed E-state index contributed by atoms with van der Waals surface area (Å²) in [6, 6.07) is -1.55. The molecule has 0 spiro atoms. The zero-order valence-electron chi connectivity index (χ0n) is 11.9. The lowest BCUT2D eigenvalue weighted by molar-refractivity contribution is -0.228. The van der Waals surface area contributed by atoms with Gasteiger partial charge in [0.15, 0.2) is 6.10 Å². The van der Waals surface area contributed by atoms with E-state index in [1.807, 2.05) is 0 Å². The smallest absolute Gasteiger partial charge is 0.322 e. The number of nitrogens with two attached hydrogens (primary N) is 1. The molecule has 0 bridgehead atoms. The van der Waals surface area contributed by atoms with Crippen molar-refractivity contribution in [1.82, 2.24) is 0 Å². The van der Waals surface area contributed by atoms with Gasteiger partial charge in [0.1, 0.15) is 12.6 Å². The van der Waals surface area contributed by atoms with Gasteiger partial charge in [-0.25, -0.2) is 0 Å². The number of carboxylic acid groups (broad SMARTS) is 1. The molecular formula is C10H17NO10P-. The van der Waals surface area contributed by atoms with Crippen LogP contribution in [0.4, 0.5) is 0 Å². The number of carboxylic acids is 1. The highest BCUT2D eigenvalue weighted by Crippen LogP contribution is 2.38. The van der Waals surface area contributed by atoms with Crippen LogP contribution in [0.5, 0.6) is 0 Å². The predicted octanol–water partition coefficient (Wildman–Crippen LogP) is -1.61. The van der Waals surface area contributed by atoms with Gasteiger partial charge in [0, 0.05) is 13.8 Å². The van der Waals surface area contributed by atoms with E-state index in [0.29, 0.717) is 0 Å². The summed E-state index contributed by atoms with van der Waals surface area (Å²) in [7, 11) is -4.86. The minimum atomic E-state index is -4.86. The van der Waals surface area contributed by atoms with Crippen LogP contribution in [0.3, 0.4) is 0 Å². The molecule has 128 valence electrons. The second kappa shape index (κ2) is 9.49. The van der Waals surface area contributed by atoms with Crippen LogP contribution in [0, 0.1) is 0 Å². The van der Waals surface area contributed by atoms with Gasteiger partial charge in [0.05, 0.1) is 13.2 Å². The lowest BCUT2D eigenvalue weighted by atomic mass is 10.3. The average Bonchev–Trinajstić information content (AvgIpc) is 2.38. The standard InChI is InChI=1S/C10H18NO10P/c1-6(12)18-3-8(21-7(2)13)4-19-22(16,17)20-5-9(11)10(14)15/h8-9H,3-5,11H2,1-2H3,(H,14,15)(H,16,17)/p-1. The third-order valence-corrected chi connectivity index (χ3v) is 2.88. The number of carbonyl (C=O) groups excluding carboxylic acids is 2. The van der Waals surface area contributed by atoms with Gasteiger partial charge in [-0.3, -0.25) is 18.9 Å². The molecule has 0 saturated carbocycles. The molecule has 12 heteroatoms. The largest absolute Gasteiger partial charge is 0.756 e. The van der Waals surface area contributed by atoms with Crippen molar-refractivity contribution in [3.05, 3.63) is 0 Å². The second-order valence-electron chi connectivity index (χ2n) is 4.02. The molecule has 0 aromatic rings. The van der Waals surface area contributed by atoms with Crippen LogP contribution in [0.1, 0.15) is 13.8 Å². The second-order valence-corrected chi connectivity index (χ2v) is 5.43. The van der Waals surface area contributed by atoms with Crippen molar-refractivity contribution in [2.24, 2.45) is 5.73 Å². The molecule has 0 saturated heterocycles. The molecule has 3 unspecified atom stereocenters. The van der Waals surface area contributed by atoms with E-state index in [1.54, 1.807) is 0 Å². The van der Waals surface area contributed by atoms with E-state index in [1.165, 1.54) is 0 Å². The lowest BCUT2D eigenvalue weighted by Gasteiger charge is -2.25. The number of rotatable bonds is 10. The molecule has 0 aromatic heterocycles. The van der Waals surface area contributed by atoms with Gasteiger partial charge in [-0.15, -0.1) is 0 Å². The zero-order valence-corrected chi connectivity index (χ0v) is 12.8. The Hall–Kier alpha value is -1.52. The minimum absolute atomic E-state index is 0.413. The highest BCUT2D eigenvalue weighted by atomic mass is 31.2. The van der Waals surface area contributed by atoms with Gasteiger partial charge in [-0.1, -0.05) is 0 Å². The molecule has 11 nitrogen and oxygen atoms in total. The molecule has 3 N–H and O–H groups in total. The Bertz CT molecular complexity index is 453. The Morgan fingerprint density at radius 1 is 1.14 bits per heavy atom. The maximum Gasteiger partial charge on any atom is 0.322 e. The van der Waals surface area contributed by atoms with Crippen molar-refractivity contribution in [3.8, 4) is 0 Å². The first-order valence-corrected chi connectivity index (χ1v) is 7.38. The monoisotopic (exact) mass is 342 g/mol. The molecular weight excluding hydrogens is 325 g/mol. The van der Waals surface area contributed by atoms with Gasteiger partial charge < -0.3 is 34.3 Å². The Kier molecular flexibility index (Phi) is 8.83. The molecule has 0 heterocycles. The van der Waals surface area contributed by atoms with Crippen molar-refractivity contribution in [1.29, 1.82) is 0 Å². The number of ether oxygens (including phenoxy) is 2. The fourth-order valence-electron chi connectivity index (χ4n) is 1.02. The fraction of sp³-hybridized carbons (Fsp3) is 0.700. The fourth-order valence-corrected chi connectivity index (χ4v) is 1.78. The molecule has 0 aliphatic rings. The average molecular weight is 342 g/mol. The van der Waals surface area contributed by atoms with E-state index in [2.05, 4.69) is 18.5 Å². The lowest BCUT2D eigenvalue weighted by Crippen LogP contribution is -2.35. The molecule has 0 amide bonds. The first kappa shape index (κ1) is 20.5. The van der Waals surface area contributed by atoms with Gasteiger partial charge in [0.25, 0.3) is 7.82 Å². The summed E-state index contributed by atoms with van der Waals surface area (Å²) < 4.78 is 29.3. The van der Waals surface area contributed by atoms with Gasteiger partial charge >= 0.3 is 17.9 Å². The number of aliphatic carboxylic acids is 1. The number of hydrogen-bond acceptors (Lipinski definition) is 10. The number of carbonyl (C=O) groups is 3. The van der Waals surface area contributed by atoms with Crippen LogP contribution in [0.25, 0.3) is 0 Å². The highest BCUT2D eigenvalue weighted by Gasteiger charge is 2.21. The maximum atomic E-state index is 11.4. The minimum Gasteiger partial charge on any atom is -0.756 e. The Morgan fingerprint density at radius 3 is 2.14 bits per heavy atom. The molecule has 0 radical (unpaired) electrons. The predicted molar refractivity (Wildman–Crippen MR) is 67.3 cm³/mol. The zero-order chi connectivity index (χ0) is 17.3. The SMILES string of the molecule is CC(=O)OCC(COP(=O)([O-])OCC(N)C(=O)O)OC(C)=O. The van der Waals surface area contributed by atoms with E-state index in [-0.39, 0.29) is 0 Å². The van der Waals surface area contributed by atoms with Crippen molar-refractivity contribution in [2.75, 3.05) is 19.8 Å². The highest BCUT2D eigenvalue weighted by molar-refractivity contribution is 7.45. The summed E-state index contributed by atoms with van der Waals surface area (Å²) in [5.41, 5.74) is 5.06. The molecule has 0 fully saturated rings. The van der Waals surface area contributed by atoms with Crippen LogP contribution >= 0.6 is 7.82 Å². The topological polar surface area (TPSA) is 175 Å². The van der Waals surface area contributed by atoms with Crippen molar-refractivity contribution < 1.29 is 47.5 Å². The molecule has 0 aliphatic carbocycles. The van der Waals surface area contributed by atoms with Gasteiger partial charge in [0.2, 0.25) is 0 Å². The maximum absolute atomic E-state index is 11.4. The van der Waals surface area contributed by atoms with Gasteiger partial charge in [-0.05, 0) is 0 Å². The first-order valence-electron chi connectivity index (χ1n) is 5.92.